The second-order valence-corrected chi connectivity index (χ2v) is 12.5. The molecule has 3 N–H and O–H groups in total. The largest absolute Gasteiger partial charge is 0.457 e. The minimum absolute atomic E-state index is 0.0692. The molecule has 7 nitrogen and oxygen atoms in total. The number of alkyl halides is 3. The van der Waals surface area contributed by atoms with E-state index >= 15 is 0 Å². The van der Waals surface area contributed by atoms with Gasteiger partial charge in [0.2, 0.25) is 5.91 Å². The van der Waals surface area contributed by atoms with Crippen LogP contribution in [0.15, 0.2) is 113 Å². The molecular weight excluding hydrogens is 683 g/mol. The van der Waals surface area contributed by atoms with Crippen LogP contribution in [0.5, 0.6) is 11.5 Å². The Kier molecular flexibility index (Phi) is 10.2. The van der Waals surface area contributed by atoms with Crippen LogP contribution in [0.2, 0.25) is 0 Å². The van der Waals surface area contributed by atoms with E-state index < -0.39 is 29.8 Å². The molecule has 262 valence electrons. The number of furan rings is 1. The molecule has 1 aliphatic carbocycles. The summed E-state index contributed by atoms with van der Waals surface area (Å²) < 4.78 is 69.9. The van der Waals surface area contributed by atoms with Gasteiger partial charge in [-0.2, -0.15) is 13.2 Å². The van der Waals surface area contributed by atoms with Gasteiger partial charge in [0, 0.05) is 47.0 Å². The first-order valence-corrected chi connectivity index (χ1v) is 17.2. The van der Waals surface area contributed by atoms with Crippen molar-refractivity contribution < 1.29 is 36.3 Å². The van der Waals surface area contributed by atoms with Gasteiger partial charge in [-0.3, -0.25) is 9.59 Å². The van der Waals surface area contributed by atoms with Gasteiger partial charge in [0.15, 0.2) is 6.04 Å². The number of primary amides is 1. The van der Waals surface area contributed by atoms with Gasteiger partial charge in [0.05, 0.1) is 11.3 Å². The molecule has 5 aromatic rings. The van der Waals surface area contributed by atoms with Crippen molar-refractivity contribution in [2.45, 2.75) is 32.0 Å². The highest BCUT2D eigenvalue weighted by atomic mass is 32.2. The van der Waals surface area contributed by atoms with E-state index in [1.165, 1.54) is 54.4 Å². The third kappa shape index (κ3) is 7.65. The van der Waals surface area contributed by atoms with E-state index in [2.05, 4.69) is 5.32 Å². The van der Waals surface area contributed by atoms with Gasteiger partial charge in [-0.05, 0) is 79.4 Å². The molecule has 6 rings (SSSR count). The molecule has 2 amide bonds. The quantitative estimate of drug-likeness (QED) is 0.104. The number of carbonyl (C=O) groups is 2. The van der Waals surface area contributed by atoms with Crippen molar-refractivity contribution in [3.8, 4) is 22.8 Å². The average molecular weight is 716 g/mol. The van der Waals surface area contributed by atoms with Crippen LogP contribution in [-0.2, 0) is 4.79 Å². The van der Waals surface area contributed by atoms with Gasteiger partial charge in [-0.1, -0.05) is 54.4 Å². The molecule has 1 aliphatic rings. The predicted octanol–water partition coefficient (Wildman–Crippen LogP) is 9.76. The van der Waals surface area contributed by atoms with E-state index in [0.29, 0.717) is 57.8 Å². The van der Waals surface area contributed by atoms with E-state index in [9.17, 15) is 27.2 Å². The number of nitrogens with two attached hydrogens (primary N) is 1. The summed E-state index contributed by atoms with van der Waals surface area (Å²) in [4.78, 5) is 26.4. The monoisotopic (exact) mass is 715 g/mol. The first kappa shape index (κ1) is 35.3. The Morgan fingerprint density at radius 3 is 2.39 bits per heavy atom. The number of benzene rings is 4. The van der Waals surface area contributed by atoms with Crippen molar-refractivity contribution in [2.75, 3.05) is 17.1 Å². The average Bonchev–Trinajstić information content (AvgIpc) is 3.50. The summed E-state index contributed by atoms with van der Waals surface area (Å²) in [6.45, 7) is 2.54. The van der Waals surface area contributed by atoms with Crippen molar-refractivity contribution in [1.82, 2.24) is 5.32 Å². The van der Waals surface area contributed by atoms with Crippen LogP contribution in [0, 0.1) is 5.82 Å². The molecule has 1 heterocycles. The van der Waals surface area contributed by atoms with Crippen LogP contribution in [0.25, 0.3) is 27.9 Å². The molecule has 1 unspecified atom stereocenters. The summed E-state index contributed by atoms with van der Waals surface area (Å²) in [7, 11) is 0. The van der Waals surface area contributed by atoms with Crippen molar-refractivity contribution >= 4 is 46.0 Å². The first-order chi connectivity index (χ1) is 24.5. The molecule has 0 fully saturated rings. The number of rotatable bonds is 11. The molecule has 0 radical (unpaired) electrons. The Hall–Kier alpha value is -5.49. The summed E-state index contributed by atoms with van der Waals surface area (Å²) >= 11 is 1.45. The number of nitrogens with one attached hydrogen (secondary N) is 1. The van der Waals surface area contributed by atoms with Crippen molar-refractivity contribution in [1.29, 1.82) is 0 Å². The van der Waals surface area contributed by atoms with Crippen molar-refractivity contribution in [3.63, 3.8) is 0 Å². The topological polar surface area (TPSA) is 97.8 Å². The number of nitrogens with zero attached hydrogens (tertiary/aromatic N) is 1. The molecule has 0 spiro atoms. The fraction of sp³-hybridized carbons (Fsp3) is 0.179. The van der Waals surface area contributed by atoms with Crippen LogP contribution in [0.4, 0.5) is 23.2 Å². The van der Waals surface area contributed by atoms with Gasteiger partial charge >= 0.3 is 6.18 Å². The first-order valence-electron chi connectivity index (χ1n) is 16.1. The third-order valence-corrected chi connectivity index (χ3v) is 9.32. The van der Waals surface area contributed by atoms with E-state index in [0.717, 1.165) is 0 Å². The molecule has 51 heavy (non-hydrogen) atoms. The summed E-state index contributed by atoms with van der Waals surface area (Å²) in [5.74, 6) is -0.993. The number of ether oxygens (including phenoxy) is 1. The Morgan fingerprint density at radius 2 is 1.75 bits per heavy atom. The van der Waals surface area contributed by atoms with Crippen molar-refractivity contribution in [3.05, 3.63) is 131 Å². The van der Waals surface area contributed by atoms with Crippen LogP contribution >= 0.6 is 11.9 Å². The Balaban J connectivity index is 1.38. The van der Waals surface area contributed by atoms with Crippen LogP contribution in [0.1, 0.15) is 47.3 Å². The zero-order valence-corrected chi connectivity index (χ0v) is 28.4. The maximum absolute atomic E-state index is 14.1. The highest BCUT2D eigenvalue weighted by Gasteiger charge is 2.42. The zero-order chi connectivity index (χ0) is 36.3. The van der Waals surface area contributed by atoms with E-state index in [1.807, 2.05) is 23.6 Å². The number of anilines is 1. The summed E-state index contributed by atoms with van der Waals surface area (Å²) in [6, 6.07) is 21.1. The number of carbonyl (C=O) groups excluding carboxylic acids is 2. The number of hydrogen-bond donors (Lipinski definition) is 2. The predicted molar refractivity (Wildman–Crippen MR) is 192 cm³/mol. The lowest BCUT2D eigenvalue weighted by atomic mass is 9.91. The van der Waals surface area contributed by atoms with Gasteiger partial charge in [-0.15, -0.1) is 0 Å². The second kappa shape index (κ2) is 14.8. The lowest BCUT2D eigenvalue weighted by Gasteiger charge is -2.25. The Morgan fingerprint density at radius 1 is 1.00 bits per heavy atom. The maximum atomic E-state index is 14.1. The molecule has 0 bridgehead atoms. The highest BCUT2D eigenvalue weighted by molar-refractivity contribution is 7.99. The SMILES string of the molecule is CCN(SC)c1cc2oc(-c3ccc(Oc4cccc(F)c4)cc3)c(C(N)=O)c2cc1C1=CCCC(C(=O)NC(c2ccccc2)C(F)(F)F)=C1. The number of halogens is 4. The van der Waals surface area contributed by atoms with Crippen LogP contribution in [0.3, 0.4) is 0 Å². The standard InChI is InChI=1S/C39H33F4N3O4S/c1-3-46(51-2)32-22-33-31(34(37(44)47)35(50-33)23-15-17-28(18-16-23)49-29-14-8-13-27(40)20-29)21-30(32)25-11-7-12-26(19-25)38(48)45-36(39(41,42)43)24-9-5-4-6-10-24/h4-6,8-11,13-22,36H,3,7,12H2,1-2H3,(H2,44,47)(H,45,48). The van der Waals surface area contributed by atoms with Crippen LogP contribution < -0.4 is 20.1 Å². The molecule has 1 aromatic heterocycles. The van der Waals surface area contributed by atoms with Crippen LogP contribution in [-0.4, -0.2) is 30.8 Å². The molecule has 0 aliphatic heterocycles. The highest BCUT2D eigenvalue weighted by Crippen LogP contribution is 2.42. The molecule has 12 heteroatoms. The second-order valence-electron chi connectivity index (χ2n) is 11.7. The maximum Gasteiger partial charge on any atom is 0.412 e. The number of hydrogen-bond acceptors (Lipinski definition) is 6. The molecule has 0 saturated carbocycles. The fourth-order valence-electron chi connectivity index (χ4n) is 6.05. The van der Waals surface area contributed by atoms with E-state index in [-0.39, 0.29) is 28.9 Å². The lowest BCUT2D eigenvalue weighted by Crippen LogP contribution is -2.39. The van der Waals surface area contributed by atoms with E-state index in [4.69, 9.17) is 14.9 Å². The minimum Gasteiger partial charge on any atom is -0.457 e. The number of fused-ring (bicyclic) bond motifs is 1. The van der Waals surface area contributed by atoms with Gasteiger partial charge in [0.1, 0.15) is 28.7 Å². The summed E-state index contributed by atoms with van der Waals surface area (Å²) in [5, 5.41) is 2.63. The Bertz CT molecular complexity index is 2140. The molecule has 0 saturated heterocycles. The molecule has 4 aromatic carbocycles. The van der Waals surface area contributed by atoms with Gasteiger partial charge in [-0.25, -0.2) is 4.39 Å². The summed E-state index contributed by atoms with van der Waals surface area (Å²) in [5.41, 5.74) is 9.10. The molecular formula is C39H33F4N3O4S. The normalized spacial score (nSPS) is 13.7. The number of allylic oxidation sites excluding steroid dienone is 3. The zero-order valence-electron chi connectivity index (χ0n) is 27.6. The van der Waals surface area contributed by atoms with Gasteiger partial charge in [0.25, 0.3) is 5.91 Å². The Labute approximate surface area is 295 Å². The summed E-state index contributed by atoms with van der Waals surface area (Å²) in [6.07, 6.45) is 1.35. The third-order valence-electron chi connectivity index (χ3n) is 8.42. The van der Waals surface area contributed by atoms with Gasteiger partial charge < -0.3 is 24.5 Å². The minimum atomic E-state index is -4.71. The smallest absolute Gasteiger partial charge is 0.412 e. The van der Waals surface area contributed by atoms with Crippen molar-refractivity contribution in [2.24, 2.45) is 5.73 Å². The lowest BCUT2D eigenvalue weighted by molar-refractivity contribution is -0.162. The number of amides is 2. The van der Waals surface area contributed by atoms with E-state index in [1.54, 1.807) is 54.6 Å². The molecule has 1 atom stereocenters. The fourth-order valence-corrected chi connectivity index (χ4v) is 6.65.